The molecule has 19 heavy (non-hydrogen) atoms. The monoisotopic (exact) mass is 334 g/mol. The van der Waals surface area contributed by atoms with Gasteiger partial charge in [0.1, 0.15) is 11.6 Å². The van der Waals surface area contributed by atoms with Crippen LogP contribution in [-0.4, -0.2) is 18.0 Å². The summed E-state index contributed by atoms with van der Waals surface area (Å²) in [5.74, 6) is -1.82. The molecule has 1 rings (SSSR count). The minimum Gasteiger partial charge on any atom is -0.324 e. The van der Waals surface area contributed by atoms with E-state index < -0.39 is 11.6 Å². The van der Waals surface area contributed by atoms with Gasteiger partial charge in [-0.25, -0.2) is 8.78 Å². The van der Waals surface area contributed by atoms with Crippen molar-refractivity contribution in [2.24, 2.45) is 0 Å². The van der Waals surface area contributed by atoms with Crippen LogP contribution in [-0.2, 0) is 4.79 Å². The Morgan fingerprint density at radius 3 is 2.47 bits per heavy atom. The maximum atomic E-state index is 13.4. The second-order valence-electron chi connectivity index (χ2n) is 5.22. The van der Waals surface area contributed by atoms with E-state index in [9.17, 15) is 13.6 Å². The summed E-state index contributed by atoms with van der Waals surface area (Å²) in [6.45, 7) is 6.45. The first-order chi connectivity index (χ1) is 8.69. The number of benzene rings is 1. The van der Waals surface area contributed by atoms with Crippen LogP contribution in [0.2, 0.25) is 0 Å². The number of halogens is 3. The van der Waals surface area contributed by atoms with E-state index in [0.29, 0.717) is 6.54 Å². The van der Waals surface area contributed by atoms with Gasteiger partial charge < -0.3 is 10.6 Å². The predicted molar refractivity (Wildman–Crippen MR) is 75.1 cm³/mol. The molecular weight excluding hydrogens is 318 g/mol. The van der Waals surface area contributed by atoms with Crippen LogP contribution in [0.25, 0.3) is 0 Å². The SMILES string of the molecule is CC(C)(C)NCCC(=O)Nc1cc(Br)c(F)cc1F. The van der Waals surface area contributed by atoms with Crippen LogP contribution in [0.5, 0.6) is 0 Å². The molecule has 0 atom stereocenters. The number of carbonyl (C=O) groups excluding carboxylic acids is 1. The number of anilines is 1. The van der Waals surface area contributed by atoms with Crippen molar-refractivity contribution >= 4 is 27.5 Å². The van der Waals surface area contributed by atoms with E-state index in [1.54, 1.807) is 0 Å². The summed E-state index contributed by atoms with van der Waals surface area (Å²) in [5.41, 5.74) is -0.112. The molecule has 0 aliphatic rings. The third-order valence-corrected chi connectivity index (χ3v) is 2.90. The molecule has 1 aromatic carbocycles. The standard InChI is InChI=1S/C13H17BrF2N2O/c1-13(2,3)17-5-4-12(19)18-11-6-8(14)9(15)7-10(11)16/h6-7,17H,4-5H2,1-3H3,(H,18,19). The van der Waals surface area contributed by atoms with Crippen molar-refractivity contribution in [1.29, 1.82) is 0 Å². The molecule has 0 fully saturated rings. The van der Waals surface area contributed by atoms with Crippen LogP contribution in [0.1, 0.15) is 27.2 Å². The zero-order valence-corrected chi connectivity index (χ0v) is 12.7. The molecule has 2 N–H and O–H groups in total. The van der Waals surface area contributed by atoms with Crippen LogP contribution in [0.4, 0.5) is 14.5 Å². The van der Waals surface area contributed by atoms with Crippen molar-refractivity contribution < 1.29 is 13.6 Å². The van der Waals surface area contributed by atoms with Gasteiger partial charge in [-0.15, -0.1) is 0 Å². The number of rotatable bonds is 4. The maximum absolute atomic E-state index is 13.4. The predicted octanol–water partition coefficient (Wildman–Crippen LogP) is 3.44. The van der Waals surface area contributed by atoms with Gasteiger partial charge in [-0.1, -0.05) is 0 Å². The molecule has 0 aliphatic carbocycles. The Morgan fingerprint density at radius 2 is 1.89 bits per heavy atom. The van der Waals surface area contributed by atoms with E-state index >= 15 is 0 Å². The highest BCUT2D eigenvalue weighted by Gasteiger charge is 2.12. The van der Waals surface area contributed by atoms with Crippen LogP contribution in [0.15, 0.2) is 16.6 Å². The maximum Gasteiger partial charge on any atom is 0.225 e. The fourth-order valence-electron chi connectivity index (χ4n) is 1.38. The number of amides is 1. The summed E-state index contributed by atoms with van der Waals surface area (Å²) in [4.78, 5) is 11.6. The van der Waals surface area contributed by atoms with Crippen molar-refractivity contribution in [3.05, 3.63) is 28.2 Å². The lowest BCUT2D eigenvalue weighted by Gasteiger charge is -2.20. The smallest absolute Gasteiger partial charge is 0.225 e. The van der Waals surface area contributed by atoms with Crippen LogP contribution in [0, 0.1) is 11.6 Å². The average Bonchev–Trinajstić information content (AvgIpc) is 2.24. The molecule has 106 valence electrons. The molecule has 3 nitrogen and oxygen atoms in total. The summed E-state index contributed by atoms with van der Waals surface area (Å²) in [7, 11) is 0. The zero-order chi connectivity index (χ0) is 14.6. The lowest BCUT2D eigenvalue weighted by atomic mass is 10.1. The lowest BCUT2D eigenvalue weighted by molar-refractivity contribution is -0.116. The van der Waals surface area contributed by atoms with Gasteiger partial charge in [-0.3, -0.25) is 4.79 Å². The van der Waals surface area contributed by atoms with Gasteiger partial charge in [0.2, 0.25) is 5.91 Å². The minimum absolute atomic E-state index is 0.0333. The molecule has 0 aromatic heterocycles. The summed E-state index contributed by atoms with van der Waals surface area (Å²) in [6, 6.07) is 1.94. The molecule has 1 amide bonds. The molecule has 0 saturated carbocycles. The van der Waals surface area contributed by atoms with E-state index in [1.807, 2.05) is 20.8 Å². The minimum atomic E-state index is -0.794. The zero-order valence-electron chi connectivity index (χ0n) is 11.1. The first kappa shape index (κ1) is 16.0. The molecule has 0 unspecified atom stereocenters. The Bertz CT molecular complexity index is 472. The Labute approximate surface area is 119 Å². The Kier molecular flexibility index (Phi) is 5.43. The first-order valence-electron chi connectivity index (χ1n) is 5.88. The second-order valence-corrected chi connectivity index (χ2v) is 6.08. The molecule has 1 aromatic rings. The van der Waals surface area contributed by atoms with Crippen molar-refractivity contribution in [1.82, 2.24) is 5.32 Å². The molecule has 0 radical (unpaired) electrons. The Balaban J connectivity index is 2.56. The third-order valence-electron chi connectivity index (χ3n) is 2.29. The van der Waals surface area contributed by atoms with E-state index in [0.717, 1.165) is 6.07 Å². The fraction of sp³-hybridized carbons (Fsp3) is 0.462. The summed E-state index contributed by atoms with van der Waals surface area (Å²) < 4.78 is 26.5. The van der Waals surface area contributed by atoms with Crippen molar-refractivity contribution in [2.75, 3.05) is 11.9 Å². The number of hydrogen-bond donors (Lipinski definition) is 2. The Hall–Kier alpha value is -1.01. The number of hydrogen-bond acceptors (Lipinski definition) is 2. The van der Waals surface area contributed by atoms with Gasteiger partial charge in [0.15, 0.2) is 0 Å². The topological polar surface area (TPSA) is 41.1 Å². The van der Waals surface area contributed by atoms with Gasteiger partial charge in [-0.2, -0.15) is 0 Å². The summed E-state index contributed by atoms with van der Waals surface area (Å²) >= 11 is 2.94. The van der Waals surface area contributed by atoms with Crippen molar-refractivity contribution in [2.45, 2.75) is 32.7 Å². The van der Waals surface area contributed by atoms with Gasteiger partial charge in [0.25, 0.3) is 0 Å². The van der Waals surface area contributed by atoms with Crippen LogP contribution < -0.4 is 10.6 Å². The van der Waals surface area contributed by atoms with E-state index in [4.69, 9.17) is 0 Å². The molecule has 0 bridgehead atoms. The van der Waals surface area contributed by atoms with Crippen LogP contribution >= 0.6 is 15.9 Å². The molecule has 0 saturated heterocycles. The van der Waals surface area contributed by atoms with Gasteiger partial charge in [0.05, 0.1) is 10.2 Å². The van der Waals surface area contributed by atoms with E-state index in [2.05, 4.69) is 26.6 Å². The number of carbonyl (C=O) groups is 1. The molecule has 0 spiro atoms. The summed E-state index contributed by atoms with van der Waals surface area (Å²) in [6.07, 6.45) is 0.214. The highest BCUT2D eigenvalue weighted by molar-refractivity contribution is 9.10. The quantitative estimate of drug-likeness (QED) is 0.828. The highest BCUT2D eigenvalue weighted by Crippen LogP contribution is 2.23. The highest BCUT2D eigenvalue weighted by atomic mass is 79.9. The largest absolute Gasteiger partial charge is 0.324 e. The molecule has 6 heteroatoms. The molecule has 0 heterocycles. The Morgan fingerprint density at radius 1 is 1.26 bits per heavy atom. The lowest BCUT2D eigenvalue weighted by Crippen LogP contribution is -2.37. The fourth-order valence-corrected chi connectivity index (χ4v) is 1.73. The van der Waals surface area contributed by atoms with Crippen LogP contribution in [0.3, 0.4) is 0 Å². The average molecular weight is 335 g/mol. The van der Waals surface area contributed by atoms with Crippen molar-refractivity contribution in [3.8, 4) is 0 Å². The first-order valence-corrected chi connectivity index (χ1v) is 6.68. The second kappa shape index (κ2) is 6.43. The van der Waals surface area contributed by atoms with Gasteiger partial charge in [-0.05, 0) is 42.8 Å². The molecular formula is C13H17BrF2N2O. The van der Waals surface area contributed by atoms with Crippen molar-refractivity contribution in [3.63, 3.8) is 0 Å². The van der Waals surface area contributed by atoms with E-state index in [-0.39, 0.29) is 28.0 Å². The normalized spacial score (nSPS) is 11.5. The molecule has 0 aliphatic heterocycles. The van der Waals surface area contributed by atoms with Gasteiger partial charge in [0, 0.05) is 24.6 Å². The van der Waals surface area contributed by atoms with E-state index in [1.165, 1.54) is 6.07 Å². The number of nitrogens with one attached hydrogen (secondary N) is 2. The van der Waals surface area contributed by atoms with Gasteiger partial charge >= 0.3 is 0 Å². The third kappa shape index (κ3) is 5.65. The summed E-state index contributed by atoms with van der Waals surface area (Å²) in [5, 5.41) is 5.56.